The van der Waals surface area contributed by atoms with E-state index in [0.717, 1.165) is 32.6 Å². The minimum absolute atomic E-state index is 0.835. The predicted molar refractivity (Wildman–Crippen MR) is 117 cm³/mol. The van der Waals surface area contributed by atoms with E-state index in [-0.39, 0.29) is 0 Å². The maximum atomic E-state index is 4.97. The number of H-pyrrole nitrogens is 1. The lowest BCUT2D eigenvalue weighted by atomic mass is 10.1. The lowest BCUT2D eigenvalue weighted by Gasteiger charge is -1.98. The molecule has 4 aromatic rings. The highest BCUT2D eigenvalue weighted by Gasteiger charge is 2.10. The number of aromatic amines is 1. The van der Waals surface area contributed by atoms with E-state index in [9.17, 15) is 0 Å². The first-order valence-electron chi connectivity index (χ1n) is 9.55. The third-order valence-corrected chi connectivity index (χ3v) is 5.31. The van der Waals surface area contributed by atoms with Crippen molar-refractivity contribution in [1.29, 1.82) is 0 Å². The van der Waals surface area contributed by atoms with Gasteiger partial charge in [-0.05, 0) is 34.9 Å². The van der Waals surface area contributed by atoms with Gasteiger partial charge in [-0.3, -0.25) is 0 Å². The van der Waals surface area contributed by atoms with Gasteiger partial charge in [0, 0.05) is 16.2 Å². The molecule has 0 fully saturated rings. The monoisotopic (exact) mass is 372 g/mol. The summed E-state index contributed by atoms with van der Waals surface area (Å²) in [5, 5.41) is 16.4. The number of hydrogen-bond donors (Lipinski definition) is 1. The van der Waals surface area contributed by atoms with Crippen LogP contribution in [0.3, 0.4) is 0 Å². The highest BCUT2D eigenvalue weighted by Crippen LogP contribution is 2.30. The summed E-state index contributed by atoms with van der Waals surface area (Å²) in [6, 6.07) is 28.6. The van der Waals surface area contributed by atoms with Gasteiger partial charge in [0.1, 0.15) is 0 Å². The number of aromatic nitrogens is 2. The van der Waals surface area contributed by atoms with Crippen LogP contribution in [0.2, 0.25) is 0 Å². The molecule has 136 valence electrons. The van der Waals surface area contributed by atoms with E-state index in [4.69, 9.17) is 4.98 Å². The van der Waals surface area contributed by atoms with Gasteiger partial charge >= 0.3 is 0 Å². The normalized spacial score (nSPS) is 12.9. The SMILES string of the molecule is C(/N=Nc1ccccc1)=c1/ccc2nc3c4cccc5cccc(c=3[nH]c2c1)c54. The van der Waals surface area contributed by atoms with Crippen LogP contribution in [0, 0.1) is 10.7 Å². The molecule has 1 N–H and O–H groups in total. The van der Waals surface area contributed by atoms with Crippen LogP contribution in [0.4, 0.5) is 5.69 Å². The Hall–Kier alpha value is -4.05. The summed E-state index contributed by atoms with van der Waals surface area (Å²) in [6.45, 7) is 0. The summed E-state index contributed by atoms with van der Waals surface area (Å²) in [4.78, 5) is 8.57. The molecule has 0 unspecified atom stereocenters. The summed E-state index contributed by atoms with van der Waals surface area (Å²) in [6.07, 6.45) is 1.77. The Morgan fingerprint density at radius 2 is 1.62 bits per heavy atom. The molecule has 0 radical (unpaired) electrons. The zero-order valence-corrected chi connectivity index (χ0v) is 15.5. The summed E-state index contributed by atoms with van der Waals surface area (Å²) < 4.78 is 0. The second kappa shape index (κ2) is 6.24. The first kappa shape index (κ1) is 16.0. The van der Waals surface area contributed by atoms with E-state index in [1.165, 1.54) is 21.5 Å². The average molecular weight is 372 g/mol. The van der Waals surface area contributed by atoms with Gasteiger partial charge in [-0.1, -0.05) is 60.7 Å². The molecule has 0 saturated heterocycles. The van der Waals surface area contributed by atoms with Gasteiger partial charge in [-0.15, -0.1) is 0 Å². The minimum atomic E-state index is 0.835. The van der Waals surface area contributed by atoms with Crippen molar-refractivity contribution in [3.05, 3.63) is 101 Å². The van der Waals surface area contributed by atoms with Crippen molar-refractivity contribution in [3.63, 3.8) is 0 Å². The van der Waals surface area contributed by atoms with E-state index in [1.54, 1.807) is 6.20 Å². The Kier molecular flexibility index (Phi) is 3.43. The molecular weight excluding hydrogens is 356 g/mol. The number of nitrogens with one attached hydrogen (secondary N) is 1. The second-order valence-corrected chi connectivity index (χ2v) is 7.13. The van der Waals surface area contributed by atoms with Crippen LogP contribution in [0.1, 0.15) is 0 Å². The zero-order valence-electron chi connectivity index (χ0n) is 15.5. The molecule has 1 heterocycles. The minimum Gasteiger partial charge on any atom is -0.351 e. The highest BCUT2D eigenvalue weighted by molar-refractivity contribution is 6.11. The first-order valence-corrected chi connectivity index (χ1v) is 9.55. The van der Waals surface area contributed by atoms with Crippen LogP contribution in [-0.4, -0.2) is 9.97 Å². The number of rotatable bonds is 2. The Morgan fingerprint density at radius 1 is 0.793 bits per heavy atom. The summed E-state index contributed by atoms with van der Waals surface area (Å²) in [5.41, 5.74) is 2.75. The van der Waals surface area contributed by atoms with E-state index >= 15 is 0 Å². The van der Waals surface area contributed by atoms with Gasteiger partial charge in [0.2, 0.25) is 0 Å². The topological polar surface area (TPSA) is 53.4 Å². The number of fused-ring (bicyclic) bond motifs is 3. The van der Waals surface area contributed by atoms with Crippen molar-refractivity contribution in [2.45, 2.75) is 0 Å². The molecule has 0 saturated carbocycles. The smallest absolute Gasteiger partial charge is 0.0957 e. The Labute approximate surface area is 165 Å². The van der Waals surface area contributed by atoms with Crippen molar-refractivity contribution in [1.82, 2.24) is 9.97 Å². The molecule has 4 aromatic carbocycles. The van der Waals surface area contributed by atoms with Crippen LogP contribution in [0.25, 0.3) is 38.8 Å². The molecule has 0 atom stereocenters. The van der Waals surface area contributed by atoms with Crippen molar-refractivity contribution in [2.24, 2.45) is 10.2 Å². The Balaban J connectivity index is 1.56. The molecule has 4 heteroatoms. The fraction of sp³-hybridized carbons (Fsp3) is 0. The molecule has 1 aliphatic heterocycles. The van der Waals surface area contributed by atoms with Gasteiger partial charge in [-0.2, -0.15) is 10.2 Å². The Bertz CT molecular complexity index is 1640. The molecule has 2 aliphatic rings. The van der Waals surface area contributed by atoms with Crippen LogP contribution in [-0.2, 0) is 0 Å². The molecule has 0 spiro atoms. The van der Waals surface area contributed by atoms with Gasteiger partial charge in [0.05, 0.1) is 33.6 Å². The van der Waals surface area contributed by atoms with Crippen LogP contribution in [0.15, 0.2) is 95.2 Å². The third-order valence-electron chi connectivity index (χ3n) is 5.31. The zero-order chi connectivity index (χ0) is 19.2. The standard InChI is InChI=1S/C25H16N4/c1-2-8-18(9-3-1)29-26-15-16-12-13-21-22(14-16)28-25-20-11-5-7-17-6-4-10-19(23(17)20)24(25)27-21/h1-15,28H/b16-15+,29-26?. The van der Waals surface area contributed by atoms with E-state index < -0.39 is 0 Å². The molecule has 6 rings (SSSR count). The average Bonchev–Trinajstić information content (AvgIpc) is 3.08. The maximum Gasteiger partial charge on any atom is 0.0957 e. The lowest BCUT2D eigenvalue weighted by Crippen LogP contribution is -1.99. The quantitative estimate of drug-likeness (QED) is 0.382. The van der Waals surface area contributed by atoms with Crippen molar-refractivity contribution < 1.29 is 0 Å². The first-order chi connectivity index (χ1) is 14.4. The maximum absolute atomic E-state index is 4.97. The van der Waals surface area contributed by atoms with Crippen molar-refractivity contribution >= 4 is 44.5 Å². The van der Waals surface area contributed by atoms with Crippen molar-refractivity contribution in [3.8, 4) is 0 Å². The van der Waals surface area contributed by atoms with Gasteiger partial charge in [0.25, 0.3) is 0 Å². The van der Waals surface area contributed by atoms with E-state index in [0.29, 0.717) is 0 Å². The fourth-order valence-corrected chi connectivity index (χ4v) is 4.00. The molecule has 1 aliphatic carbocycles. The predicted octanol–water partition coefficient (Wildman–Crippen LogP) is 5.83. The van der Waals surface area contributed by atoms with E-state index in [1.807, 2.05) is 42.5 Å². The summed E-state index contributed by atoms with van der Waals surface area (Å²) >= 11 is 0. The van der Waals surface area contributed by atoms with Crippen LogP contribution in [0.5, 0.6) is 0 Å². The molecule has 29 heavy (non-hydrogen) atoms. The second-order valence-electron chi connectivity index (χ2n) is 7.13. The molecule has 4 nitrogen and oxygen atoms in total. The fourth-order valence-electron chi connectivity index (χ4n) is 4.00. The Morgan fingerprint density at radius 3 is 2.48 bits per heavy atom. The van der Waals surface area contributed by atoms with Crippen molar-refractivity contribution in [2.75, 3.05) is 0 Å². The summed E-state index contributed by atoms with van der Waals surface area (Å²) in [7, 11) is 0. The number of azo groups is 1. The van der Waals surface area contributed by atoms with Gasteiger partial charge in [-0.25, -0.2) is 4.98 Å². The lowest BCUT2D eigenvalue weighted by molar-refractivity contribution is 1.22. The van der Waals surface area contributed by atoms with Gasteiger partial charge in [0.15, 0.2) is 0 Å². The number of benzene rings is 4. The molecular formula is C25H16N4. The largest absolute Gasteiger partial charge is 0.351 e. The molecule has 0 aromatic heterocycles. The molecule has 0 amide bonds. The van der Waals surface area contributed by atoms with Gasteiger partial charge < -0.3 is 4.98 Å². The third kappa shape index (κ3) is 2.57. The van der Waals surface area contributed by atoms with Crippen LogP contribution >= 0.6 is 0 Å². The summed E-state index contributed by atoms with van der Waals surface area (Å²) in [5.74, 6) is 0. The number of nitrogens with zero attached hydrogens (tertiary/aromatic N) is 3. The number of hydrogen-bond acceptors (Lipinski definition) is 3. The van der Waals surface area contributed by atoms with E-state index in [2.05, 4.69) is 57.7 Å². The molecule has 0 bridgehead atoms. The van der Waals surface area contributed by atoms with Crippen LogP contribution < -0.4 is 5.22 Å². The highest BCUT2D eigenvalue weighted by atomic mass is 15.1.